The van der Waals surface area contributed by atoms with Gasteiger partial charge >= 0.3 is 11.7 Å². The molecule has 0 unspecified atom stereocenters. The molecule has 2 rings (SSSR count). The van der Waals surface area contributed by atoms with E-state index in [9.17, 15) is 9.59 Å². The molecule has 114 valence electrons. The Morgan fingerprint density at radius 1 is 1.24 bits per heavy atom. The first kappa shape index (κ1) is 15.4. The quantitative estimate of drug-likeness (QED) is 0.889. The van der Waals surface area contributed by atoms with Gasteiger partial charge in [0.25, 0.3) is 0 Å². The van der Waals surface area contributed by atoms with Crippen molar-refractivity contribution in [2.75, 3.05) is 0 Å². The van der Waals surface area contributed by atoms with Crippen molar-refractivity contribution in [3.8, 4) is 0 Å². The largest absolute Gasteiger partial charge is 0.478 e. The molecule has 1 heterocycles. The number of carbonyl (C=O) groups is 1. The average molecular weight is 290 g/mol. The van der Waals surface area contributed by atoms with Crippen LogP contribution in [0, 0.1) is 5.92 Å². The predicted octanol–water partition coefficient (Wildman–Crippen LogP) is 2.96. The zero-order chi connectivity index (χ0) is 15.6. The number of hydrogen-bond donors (Lipinski definition) is 1. The van der Waals surface area contributed by atoms with Crippen molar-refractivity contribution in [1.82, 2.24) is 9.13 Å². The van der Waals surface area contributed by atoms with Crippen LogP contribution in [0.5, 0.6) is 0 Å². The maximum atomic E-state index is 12.6. The zero-order valence-electron chi connectivity index (χ0n) is 12.8. The molecule has 0 radical (unpaired) electrons. The van der Waals surface area contributed by atoms with Crippen molar-refractivity contribution in [2.45, 2.75) is 46.7 Å². The lowest BCUT2D eigenvalue weighted by atomic mass is 10.2. The summed E-state index contributed by atoms with van der Waals surface area (Å²) in [4.78, 5) is 23.7. The summed E-state index contributed by atoms with van der Waals surface area (Å²) in [6, 6.07) is 4.91. The monoisotopic (exact) mass is 290 g/mol. The van der Waals surface area contributed by atoms with Crippen LogP contribution in [-0.4, -0.2) is 20.2 Å². The molecule has 1 N–H and O–H groups in total. The van der Waals surface area contributed by atoms with Crippen LogP contribution in [0.2, 0.25) is 0 Å². The van der Waals surface area contributed by atoms with Crippen LogP contribution in [0.4, 0.5) is 0 Å². The fourth-order valence-electron chi connectivity index (χ4n) is 2.53. The van der Waals surface area contributed by atoms with E-state index in [1.807, 2.05) is 13.8 Å². The minimum Gasteiger partial charge on any atom is -0.478 e. The molecule has 0 saturated carbocycles. The number of benzene rings is 1. The average Bonchev–Trinajstić information content (AvgIpc) is 2.68. The smallest absolute Gasteiger partial charge is 0.335 e. The molecule has 5 heteroatoms. The van der Waals surface area contributed by atoms with E-state index in [0.29, 0.717) is 24.5 Å². The molecule has 21 heavy (non-hydrogen) atoms. The third-order valence-electron chi connectivity index (χ3n) is 3.55. The van der Waals surface area contributed by atoms with E-state index < -0.39 is 5.97 Å². The molecule has 0 aliphatic heterocycles. The van der Waals surface area contributed by atoms with Gasteiger partial charge in [-0.1, -0.05) is 27.2 Å². The van der Waals surface area contributed by atoms with E-state index in [1.165, 1.54) is 0 Å². The van der Waals surface area contributed by atoms with Gasteiger partial charge in [-0.25, -0.2) is 9.59 Å². The number of rotatable bonds is 6. The number of imidazole rings is 1. The lowest BCUT2D eigenvalue weighted by molar-refractivity contribution is 0.0697. The van der Waals surface area contributed by atoms with E-state index in [0.717, 1.165) is 18.4 Å². The molecule has 0 atom stereocenters. The van der Waals surface area contributed by atoms with Gasteiger partial charge in [-0.15, -0.1) is 0 Å². The third-order valence-corrected chi connectivity index (χ3v) is 3.55. The molecular formula is C16H22N2O3. The highest BCUT2D eigenvalue weighted by atomic mass is 16.4. The van der Waals surface area contributed by atoms with Crippen LogP contribution in [0.25, 0.3) is 11.0 Å². The maximum absolute atomic E-state index is 12.6. The van der Waals surface area contributed by atoms with Crippen LogP contribution < -0.4 is 5.69 Å². The highest BCUT2D eigenvalue weighted by molar-refractivity contribution is 5.92. The Labute approximate surface area is 123 Å². The molecule has 0 aliphatic rings. The second-order valence-corrected chi connectivity index (χ2v) is 5.80. The van der Waals surface area contributed by atoms with E-state index in [2.05, 4.69) is 6.92 Å². The minimum atomic E-state index is -0.971. The molecule has 0 bridgehead atoms. The topological polar surface area (TPSA) is 64.2 Å². The Morgan fingerprint density at radius 3 is 2.52 bits per heavy atom. The number of fused-ring (bicyclic) bond motifs is 1. The molecule has 1 aromatic heterocycles. The Morgan fingerprint density at radius 2 is 1.95 bits per heavy atom. The van der Waals surface area contributed by atoms with Crippen molar-refractivity contribution in [1.29, 1.82) is 0 Å². The highest BCUT2D eigenvalue weighted by Crippen LogP contribution is 2.17. The zero-order valence-corrected chi connectivity index (χ0v) is 12.8. The van der Waals surface area contributed by atoms with Gasteiger partial charge in [-0.05, 0) is 30.5 Å². The van der Waals surface area contributed by atoms with Gasteiger partial charge in [-0.2, -0.15) is 0 Å². The van der Waals surface area contributed by atoms with Crippen molar-refractivity contribution < 1.29 is 9.90 Å². The lowest BCUT2D eigenvalue weighted by Crippen LogP contribution is -2.26. The van der Waals surface area contributed by atoms with Gasteiger partial charge in [0.1, 0.15) is 0 Å². The Kier molecular flexibility index (Phi) is 4.50. The van der Waals surface area contributed by atoms with Crippen LogP contribution in [0.15, 0.2) is 23.0 Å². The molecular weight excluding hydrogens is 268 g/mol. The summed E-state index contributed by atoms with van der Waals surface area (Å²) in [6.45, 7) is 7.44. The molecule has 0 amide bonds. The number of nitrogens with zero attached hydrogens (tertiary/aromatic N) is 2. The molecule has 5 nitrogen and oxygen atoms in total. The summed E-state index contributed by atoms with van der Waals surface area (Å²) in [5.74, 6) is -0.650. The first-order valence-electron chi connectivity index (χ1n) is 7.42. The van der Waals surface area contributed by atoms with Crippen LogP contribution in [-0.2, 0) is 13.1 Å². The van der Waals surface area contributed by atoms with E-state index in [1.54, 1.807) is 27.3 Å². The Bertz CT molecular complexity index is 710. The maximum Gasteiger partial charge on any atom is 0.335 e. The Hall–Kier alpha value is -2.04. The van der Waals surface area contributed by atoms with Crippen molar-refractivity contribution in [3.63, 3.8) is 0 Å². The molecule has 2 aromatic rings. The minimum absolute atomic E-state index is 0.0466. The number of aromatic carboxylic acids is 1. The molecule has 0 spiro atoms. The highest BCUT2D eigenvalue weighted by Gasteiger charge is 2.15. The van der Waals surface area contributed by atoms with Crippen molar-refractivity contribution in [3.05, 3.63) is 34.2 Å². The lowest BCUT2D eigenvalue weighted by Gasteiger charge is -2.06. The summed E-state index contributed by atoms with van der Waals surface area (Å²) in [5, 5.41) is 9.14. The SMILES string of the molecule is CCCCn1c(=O)n(CC(C)C)c2cc(C(=O)O)ccc21. The summed E-state index contributed by atoms with van der Waals surface area (Å²) >= 11 is 0. The first-order chi connectivity index (χ1) is 9.95. The van der Waals surface area contributed by atoms with Gasteiger partial charge < -0.3 is 5.11 Å². The van der Waals surface area contributed by atoms with Crippen LogP contribution in [0.1, 0.15) is 44.0 Å². The normalized spacial score (nSPS) is 11.4. The van der Waals surface area contributed by atoms with E-state index in [-0.39, 0.29) is 11.3 Å². The summed E-state index contributed by atoms with van der Waals surface area (Å²) < 4.78 is 3.45. The molecule has 0 fully saturated rings. The second kappa shape index (κ2) is 6.16. The number of carboxylic acid groups (broad SMARTS) is 1. The van der Waals surface area contributed by atoms with Gasteiger partial charge in [0.2, 0.25) is 0 Å². The number of hydrogen-bond acceptors (Lipinski definition) is 2. The molecule has 0 aliphatic carbocycles. The summed E-state index contributed by atoms with van der Waals surface area (Å²) in [6.07, 6.45) is 1.94. The number of carboxylic acids is 1. The number of aryl methyl sites for hydroxylation is 1. The standard InChI is InChI=1S/C16H22N2O3/c1-4-5-8-17-13-7-6-12(15(19)20)9-14(13)18(16(17)21)10-11(2)3/h6-7,9,11H,4-5,8,10H2,1-3H3,(H,19,20). The van der Waals surface area contributed by atoms with Gasteiger partial charge in [0.05, 0.1) is 16.6 Å². The number of aromatic nitrogens is 2. The Balaban J connectivity index is 2.66. The van der Waals surface area contributed by atoms with E-state index in [4.69, 9.17) is 5.11 Å². The van der Waals surface area contributed by atoms with Crippen LogP contribution >= 0.6 is 0 Å². The second-order valence-electron chi connectivity index (χ2n) is 5.80. The summed E-state index contributed by atoms with van der Waals surface area (Å²) in [7, 11) is 0. The third kappa shape index (κ3) is 3.01. The van der Waals surface area contributed by atoms with Crippen molar-refractivity contribution in [2.24, 2.45) is 5.92 Å². The fraction of sp³-hybridized carbons (Fsp3) is 0.500. The molecule has 0 saturated heterocycles. The predicted molar refractivity (Wildman–Crippen MR) is 82.9 cm³/mol. The van der Waals surface area contributed by atoms with Gasteiger partial charge in [0, 0.05) is 13.1 Å². The summed E-state index contributed by atoms with van der Waals surface area (Å²) in [5.41, 5.74) is 1.70. The van der Waals surface area contributed by atoms with Gasteiger partial charge in [0.15, 0.2) is 0 Å². The fourth-order valence-corrected chi connectivity index (χ4v) is 2.53. The van der Waals surface area contributed by atoms with Crippen LogP contribution in [0.3, 0.4) is 0 Å². The van der Waals surface area contributed by atoms with Gasteiger partial charge in [-0.3, -0.25) is 9.13 Å². The van der Waals surface area contributed by atoms with Crippen molar-refractivity contribution >= 4 is 17.0 Å². The number of unbranched alkanes of at least 4 members (excludes halogenated alkanes) is 1. The molecule has 1 aromatic carbocycles. The van der Waals surface area contributed by atoms with E-state index >= 15 is 0 Å². The first-order valence-corrected chi connectivity index (χ1v) is 7.42.